The lowest BCUT2D eigenvalue weighted by Gasteiger charge is -2.23. The van der Waals surface area contributed by atoms with Crippen LogP contribution in [0.15, 0.2) is 0 Å². The number of hydrogen-bond donors (Lipinski definition) is 1. The molecule has 0 radical (unpaired) electrons. The first-order valence-electron chi connectivity index (χ1n) is 6.10. The van der Waals surface area contributed by atoms with Gasteiger partial charge in [0.2, 0.25) is 0 Å². The van der Waals surface area contributed by atoms with Gasteiger partial charge in [-0.25, -0.2) is 0 Å². The molecule has 0 atom stereocenters. The van der Waals surface area contributed by atoms with Crippen LogP contribution >= 0.6 is 0 Å². The van der Waals surface area contributed by atoms with Gasteiger partial charge >= 0.3 is 0 Å². The number of hydrogen-bond acceptors (Lipinski definition) is 3. The molecule has 1 aromatic rings. The van der Waals surface area contributed by atoms with Crippen molar-refractivity contribution < 1.29 is 0 Å². The largest absolute Gasteiger partial charge is 0.317 e. The Labute approximate surface area is 97.5 Å². The Morgan fingerprint density at radius 2 is 1.81 bits per heavy atom. The Hall–Kier alpha value is -0.900. The Balaban J connectivity index is 2.25. The molecule has 2 heterocycles. The van der Waals surface area contributed by atoms with Gasteiger partial charge in [-0.1, -0.05) is 20.8 Å². The van der Waals surface area contributed by atoms with Crippen LogP contribution in [0.5, 0.6) is 0 Å². The minimum absolute atomic E-state index is 0.0763. The maximum Gasteiger partial charge on any atom is 0.138 e. The summed E-state index contributed by atoms with van der Waals surface area (Å²) in [5, 5.41) is 12.1. The fourth-order valence-corrected chi connectivity index (χ4v) is 2.43. The predicted molar refractivity (Wildman–Crippen MR) is 64.5 cm³/mol. The molecule has 1 aliphatic heterocycles. The first-order valence-corrected chi connectivity index (χ1v) is 6.10. The topological polar surface area (TPSA) is 42.7 Å². The van der Waals surface area contributed by atoms with E-state index in [0.29, 0.717) is 5.92 Å². The van der Waals surface area contributed by atoms with Gasteiger partial charge in [0, 0.05) is 18.4 Å². The Morgan fingerprint density at radius 1 is 1.19 bits per heavy atom. The van der Waals surface area contributed by atoms with E-state index in [1.54, 1.807) is 0 Å². The number of nitrogens with zero attached hydrogens (tertiary/aromatic N) is 3. The quantitative estimate of drug-likeness (QED) is 0.784. The molecule has 4 heteroatoms. The van der Waals surface area contributed by atoms with E-state index >= 15 is 0 Å². The monoisotopic (exact) mass is 222 g/mol. The highest BCUT2D eigenvalue weighted by molar-refractivity contribution is 5.09. The molecule has 1 aliphatic rings. The first-order chi connectivity index (χ1) is 7.50. The molecule has 0 amide bonds. The van der Waals surface area contributed by atoms with E-state index in [0.717, 1.165) is 24.7 Å². The third-order valence-electron chi connectivity index (χ3n) is 3.28. The highest BCUT2D eigenvalue weighted by atomic mass is 15.3. The molecule has 90 valence electrons. The second kappa shape index (κ2) is 4.17. The molecule has 0 aromatic carbocycles. The molecule has 0 unspecified atom stereocenters. The lowest BCUT2D eigenvalue weighted by Crippen LogP contribution is -2.28. The summed E-state index contributed by atoms with van der Waals surface area (Å²) < 4.78 is 2.19. The highest BCUT2D eigenvalue weighted by Crippen LogP contribution is 2.27. The molecule has 2 rings (SSSR count). The number of rotatable bonds is 1. The van der Waals surface area contributed by atoms with Crippen LogP contribution in [0, 0.1) is 0 Å². The van der Waals surface area contributed by atoms with E-state index in [9.17, 15) is 0 Å². The van der Waals surface area contributed by atoms with Crippen LogP contribution in [0.4, 0.5) is 0 Å². The molecule has 0 saturated carbocycles. The second-order valence-electron chi connectivity index (χ2n) is 5.72. The van der Waals surface area contributed by atoms with Gasteiger partial charge in [0.1, 0.15) is 11.6 Å². The zero-order chi connectivity index (χ0) is 11.8. The van der Waals surface area contributed by atoms with Crippen molar-refractivity contribution >= 4 is 0 Å². The predicted octanol–water partition coefficient (Wildman–Crippen LogP) is 1.58. The molecular formula is C12H22N4. The zero-order valence-corrected chi connectivity index (χ0v) is 10.7. The average Bonchev–Trinajstić information content (AvgIpc) is 2.61. The molecule has 0 bridgehead atoms. The van der Waals surface area contributed by atoms with Crippen LogP contribution in [-0.2, 0) is 12.5 Å². The summed E-state index contributed by atoms with van der Waals surface area (Å²) in [5.41, 5.74) is 0.0763. The molecule has 1 fully saturated rings. The average molecular weight is 222 g/mol. The molecule has 0 aliphatic carbocycles. The van der Waals surface area contributed by atoms with Crippen molar-refractivity contribution in [1.29, 1.82) is 0 Å². The third-order valence-corrected chi connectivity index (χ3v) is 3.28. The minimum Gasteiger partial charge on any atom is -0.317 e. The van der Waals surface area contributed by atoms with E-state index in [4.69, 9.17) is 0 Å². The van der Waals surface area contributed by atoms with E-state index < -0.39 is 0 Å². The van der Waals surface area contributed by atoms with Crippen LogP contribution in [0.25, 0.3) is 0 Å². The first kappa shape index (κ1) is 11.6. The van der Waals surface area contributed by atoms with Crippen LogP contribution in [0.3, 0.4) is 0 Å². The van der Waals surface area contributed by atoms with Crippen LogP contribution in [0.1, 0.15) is 51.2 Å². The van der Waals surface area contributed by atoms with Crippen molar-refractivity contribution in [1.82, 2.24) is 20.1 Å². The maximum atomic E-state index is 4.39. The van der Waals surface area contributed by atoms with Gasteiger partial charge in [0.25, 0.3) is 0 Å². The summed E-state index contributed by atoms with van der Waals surface area (Å²) in [6.07, 6.45) is 2.35. The van der Waals surface area contributed by atoms with Crippen molar-refractivity contribution in [2.75, 3.05) is 13.1 Å². The van der Waals surface area contributed by atoms with Crippen molar-refractivity contribution in [2.45, 2.75) is 44.9 Å². The fraction of sp³-hybridized carbons (Fsp3) is 0.833. The Kier molecular flexibility index (Phi) is 3.02. The summed E-state index contributed by atoms with van der Waals surface area (Å²) in [4.78, 5) is 0. The SMILES string of the molecule is Cn1c(C2CCNCC2)nnc1C(C)(C)C. The zero-order valence-electron chi connectivity index (χ0n) is 10.7. The number of piperidine rings is 1. The molecule has 4 nitrogen and oxygen atoms in total. The van der Waals surface area contributed by atoms with Crippen molar-refractivity contribution in [2.24, 2.45) is 7.05 Å². The summed E-state index contributed by atoms with van der Waals surface area (Å²) in [5.74, 6) is 2.82. The highest BCUT2D eigenvalue weighted by Gasteiger charge is 2.26. The molecule has 1 saturated heterocycles. The van der Waals surface area contributed by atoms with E-state index in [2.05, 4.69) is 47.9 Å². The number of aromatic nitrogens is 3. The van der Waals surface area contributed by atoms with Crippen molar-refractivity contribution in [3.63, 3.8) is 0 Å². The Bertz CT molecular complexity index is 356. The van der Waals surface area contributed by atoms with Crippen LogP contribution < -0.4 is 5.32 Å². The van der Waals surface area contributed by atoms with E-state index in [-0.39, 0.29) is 5.41 Å². The lowest BCUT2D eigenvalue weighted by atomic mass is 9.94. The molecular weight excluding hydrogens is 200 g/mol. The van der Waals surface area contributed by atoms with Crippen molar-refractivity contribution in [3.8, 4) is 0 Å². The Morgan fingerprint density at radius 3 is 2.31 bits per heavy atom. The van der Waals surface area contributed by atoms with Gasteiger partial charge in [-0.2, -0.15) is 0 Å². The minimum atomic E-state index is 0.0763. The summed E-state index contributed by atoms with van der Waals surface area (Å²) in [6.45, 7) is 8.75. The van der Waals surface area contributed by atoms with Gasteiger partial charge in [-0.3, -0.25) is 0 Å². The van der Waals surface area contributed by atoms with Gasteiger partial charge < -0.3 is 9.88 Å². The second-order valence-corrected chi connectivity index (χ2v) is 5.72. The lowest BCUT2D eigenvalue weighted by molar-refractivity contribution is 0.431. The normalized spacial score (nSPS) is 19.0. The summed E-state index contributed by atoms with van der Waals surface area (Å²) in [6, 6.07) is 0. The summed E-state index contributed by atoms with van der Waals surface area (Å²) >= 11 is 0. The van der Waals surface area contributed by atoms with E-state index in [1.807, 2.05) is 0 Å². The van der Waals surface area contributed by atoms with Gasteiger partial charge in [-0.05, 0) is 25.9 Å². The molecule has 1 N–H and O–H groups in total. The van der Waals surface area contributed by atoms with Gasteiger partial charge in [0.05, 0.1) is 0 Å². The maximum absolute atomic E-state index is 4.39. The van der Waals surface area contributed by atoms with Crippen LogP contribution in [-0.4, -0.2) is 27.9 Å². The third kappa shape index (κ3) is 2.12. The van der Waals surface area contributed by atoms with Gasteiger partial charge in [-0.15, -0.1) is 10.2 Å². The standard InChI is InChI=1S/C12H22N4/c1-12(2,3)11-15-14-10(16(11)4)9-5-7-13-8-6-9/h9,13H,5-8H2,1-4H3. The molecule has 0 spiro atoms. The van der Waals surface area contributed by atoms with Crippen molar-refractivity contribution in [3.05, 3.63) is 11.6 Å². The summed E-state index contributed by atoms with van der Waals surface area (Å²) in [7, 11) is 2.10. The molecule has 1 aromatic heterocycles. The smallest absolute Gasteiger partial charge is 0.138 e. The number of nitrogens with one attached hydrogen (secondary N) is 1. The van der Waals surface area contributed by atoms with Crippen LogP contribution in [0.2, 0.25) is 0 Å². The van der Waals surface area contributed by atoms with Gasteiger partial charge in [0.15, 0.2) is 0 Å². The van der Waals surface area contributed by atoms with E-state index in [1.165, 1.54) is 12.8 Å². The fourth-order valence-electron chi connectivity index (χ4n) is 2.43. The molecule has 16 heavy (non-hydrogen) atoms.